The van der Waals surface area contributed by atoms with Crippen molar-refractivity contribution < 1.29 is 9.53 Å². The standard InChI is InChI=1S/C11H11ClO2/c12-9-5-3-8(4-6-9)11(13)10-2-1-7-14-10/h3-6,10H,1-2,7H2. The summed E-state index contributed by atoms with van der Waals surface area (Å²) in [5.74, 6) is 0.0687. The van der Waals surface area contributed by atoms with E-state index in [-0.39, 0.29) is 11.9 Å². The maximum Gasteiger partial charge on any atom is 0.191 e. The van der Waals surface area contributed by atoms with Crippen molar-refractivity contribution in [3.05, 3.63) is 34.9 Å². The van der Waals surface area contributed by atoms with Crippen LogP contribution >= 0.6 is 11.6 Å². The molecule has 1 aliphatic heterocycles. The van der Waals surface area contributed by atoms with Crippen molar-refractivity contribution in [2.45, 2.75) is 18.9 Å². The average molecular weight is 211 g/mol. The van der Waals surface area contributed by atoms with Crippen LogP contribution in [-0.4, -0.2) is 18.5 Å². The number of ketones is 1. The third kappa shape index (κ3) is 1.97. The molecule has 1 atom stereocenters. The predicted octanol–water partition coefficient (Wildman–Crippen LogP) is 2.70. The Morgan fingerprint density at radius 2 is 2.07 bits per heavy atom. The molecule has 0 amide bonds. The Morgan fingerprint density at radius 3 is 2.64 bits per heavy atom. The first-order valence-corrected chi connectivity index (χ1v) is 5.06. The van der Waals surface area contributed by atoms with Crippen LogP contribution in [0.15, 0.2) is 24.3 Å². The number of hydrogen-bond donors (Lipinski definition) is 0. The Labute approximate surface area is 87.8 Å². The third-order valence-corrected chi connectivity index (χ3v) is 2.60. The van der Waals surface area contributed by atoms with E-state index in [0.29, 0.717) is 17.2 Å². The molecule has 2 rings (SSSR count). The number of hydrogen-bond acceptors (Lipinski definition) is 2. The van der Waals surface area contributed by atoms with Crippen molar-refractivity contribution in [2.75, 3.05) is 6.61 Å². The fourth-order valence-corrected chi connectivity index (χ4v) is 1.71. The molecule has 0 bridgehead atoms. The molecule has 0 aliphatic carbocycles. The number of Topliss-reactive ketones (excluding diaryl/α,β-unsaturated/α-hetero) is 1. The maximum atomic E-state index is 11.8. The van der Waals surface area contributed by atoms with Crippen LogP contribution in [0.5, 0.6) is 0 Å². The number of carbonyl (C=O) groups is 1. The average Bonchev–Trinajstić information content (AvgIpc) is 2.71. The van der Waals surface area contributed by atoms with Gasteiger partial charge in [-0.2, -0.15) is 0 Å². The van der Waals surface area contributed by atoms with Gasteiger partial charge in [0, 0.05) is 17.2 Å². The van der Waals surface area contributed by atoms with E-state index >= 15 is 0 Å². The zero-order valence-corrected chi connectivity index (χ0v) is 8.46. The number of halogens is 1. The molecular weight excluding hydrogens is 200 g/mol. The second kappa shape index (κ2) is 4.11. The maximum absolute atomic E-state index is 11.8. The smallest absolute Gasteiger partial charge is 0.191 e. The lowest BCUT2D eigenvalue weighted by atomic mass is 10.0. The molecule has 0 N–H and O–H groups in total. The Balaban J connectivity index is 2.14. The van der Waals surface area contributed by atoms with E-state index in [0.717, 1.165) is 12.8 Å². The van der Waals surface area contributed by atoms with Crippen molar-refractivity contribution in [1.82, 2.24) is 0 Å². The summed E-state index contributed by atoms with van der Waals surface area (Å²) in [4.78, 5) is 11.8. The lowest BCUT2D eigenvalue weighted by molar-refractivity contribution is 0.0643. The van der Waals surface area contributed by atoms with Gasteiger partial charge in [-0.3, -0.25) is 4.79 Å². The van der Waals surface area contributed by atoms with E-state index in [1.807, 2.05) is 0 Å². The number of ether oxygens (including phenoxy) is 1. The van der Waals surface area contributed by atoms with Crippen LogP contribution in [0, 0.1) is 0 Å². The molecule has 1 aliphatic rings. The summed E-state index contributed by atoms with van der Waals surface area (Å²) < 4.78 is 5.32. The Morgan fingerprint density at radius 1 is 1.36 bits per heavy atom. The lowest BCUT2D eigenvalue weighted by Gasteiger charge is -2.07. The van der Waals surface area contributed by atoms with Gasteiger partial charge < -0.3 is 4.74 Å². The molecule has 0 spiro atoms. The quantitative estimate of drug-likeness (QED) is 0.702. The number of rotatable bonds is 2. The third-order valence-electron chi connectivity index (χ3n) is 2.35. The minimum atomic E-state index is -0.240. The summed E-state index contributed by atoms with van der Waals surface area (Å²) in [5, 5.41) is 0.647. The van der Waals surface area contributed by atoms with Crippen molar-refractivity contribution in [2.24, 2.45) is 0 Å². The molecule has 1 aromatic carbocycles. The molecule has 0 radical (unpaired) electrons. The first-order valence-electron chi connectivity index (χ1n) is 4.69. The molecule has 1 aromatic rings. The van der Waals surface area contributed by atoms with E-state index in [4.69, 9.17) is 16.3 Å². The summed E-state index contributed by atoms with van der Waals surface area (Å²) in [6.45, 7) is 0.698. The first kappa shape index (κ1) is 9.69. The minimum Gasteiger partial charge on any atom is -0.370 e. The molecule has 1 unspecified atom stereocenters. The van der Waals surface area contributed by atoms with Gasteiger partial charge in [-0.1, -0.05) is 11.6 Å². The Bertz CT molecular complexity index is 326. The Kier molecular flexibility index (Phi) is 2.85. The van der Waals surface area contributed by atoms with Gasteiger partial charge in [-0.25, -0.2) is 0 Å². The van der Waals surface area contributed by atoms with E-state index in [2.05, 4.69) is 0 Å². The fraction of sp³-hybridized carbons (Fsp3) is 0.364. The normalized spacial score (nSPS) is 21.1. The fourth-order valence-electron chi connectivity index (χ4n) is 1.58. The molecule has 1 fully saturated rings. The number of carbonyl (C=O) groups excluding carboxylic acids is 1. The molecular formula is C11H11ClO2. The van der Waals surface area contributed by atoms with Gasteiger partial charge in [-0.05, 0) is 37.1 Å². The van der Waals surface area contributed by atoms with Gasteiger partial charge >= 0.3 is 0 Å². The van der Waals surface area contributed by atoms with Crippen LogP contribution < -0.4 is 0 Å². The largest absolute Gasteiger partial charge is 0.370 e. The summed E-state index contributed by atoms with van der Waals surface area (Å²) in [7, 11) is 0. The van der Waals surface area contributed by atoms with Crippen molar-refractivity contribution >= 4 is 17.4 Å². The van der Waals surface area contributed by atoms with Crippen molar-refractivity contribution in [3.63, 3.8) is 0 Å². The SMILES string of the molecule is O=C(c1ccc(Cl)cc1)C1CCCO1. The van der Waals surface area contributed by atoms with E-state index < -0.39 is 0 Å². The molecule has 74 valence electrons. The van der Waals surface area contributed by atoms with E-state index in [9.17, 15) is 4.79 Å². The molecule has 0 saturated carbocycles. The zero-order chi connectivity index (χ0) is 9.97. The highest BCUT2D eigenvalue weighted by Gasteiger charge is 2.24. The van der Waals surface area contributed by atoms with Crippen molar-refractivity contribution in [3.8, 4) is 0 Å². The molecule has 0 aromatic heterocycles. The van der Waals surface area contributed by atoms with E-state index in [1.54, 1.807) is 24.3 Å². The highest BCUT2D eigenvalue weighted by Crippen LogP contribution is 2.18. The summed E-state index contributed by atoms with van der Waals surface area (Å²) in [5.41, 5.74) is 0.682. The molecule has 2 nitrogen and oxygen atoms in total. The van der Waals surface area contributed by atoms with Gasteiger partial charge in [0.1, 0.15) is 6.10 Å². The summed E-state index contributed by atoms with van der Waals surface area (Å²) >= 11 is 5.73. The predicted molar refractivity (Wildman–Crippen MR) is 54.8 cm³/mol. The van der Waals surface area contributed by atoms with Crippen LogP contribution in [0.3, 0.4) is 0 Å². The monoisotopic (exact) mass is 210 g/mol. The van der Waals surface area contributed by atoms with Gasteiger partial charge in [0.2, 0.25) is 0 Å². The lowest BCUT2D eigenvalue weighted by Crippen LogP contribution is -2.19. The second-order valence-corrected chi connectivity index (χ2v) is 3.81. The number of benzene rings is 1. The van der Waals surface area contributed by atoms with Crippen LogP contribution in [-0.2, 0) is 4.74 Å². The molecule has 14 heavy (non-hydrogen) atoms. The van der Waals surface area contributed by atoms with Crippen LogP contribution in [0.25, 0.3) is 0 Å². The van der Waals surface area contributed by atoms with Gasteiger partial charge in [-0.15, -0.1) is 0 Å². The van der Waals surface area contributed by atoms with Crippen LogP contribution in [0.1, 0.15) is 23.2 Å². The van der Waals surface area contributed by atoms with Gasteiger partial charge in [0.25, 0.3) is 0 Å². The van der Waals surface area contributed by atoms with Gasteiger partial charge in [0.05, 0.1) is 0 Å². The van der Waals surface area contributed by atoms with Crippen LogP contribution in [0.4, 0.5) is 0 Å². The zero-order valence-electron chi connectivity index (χ0n) is 7.70. The first-order chi connectivity index (χ1) is 6.77. The van der Waals surface area contributed by atoms with Gasteiger partial charge in [0.15, 0.2) is 5.78 Å². The van der Waals surface area contributed by atoms with E-state index in [1.165, 1.54) is 0 Å². The highest BCUT2D eigenvalue weighted by atomic mass is 35.5. The topological polar surface area (TPSA) is 26.3 Å². The summed E-state index contributed by atoms with van der Waals surface area (Å²) in [6.07, 6.45) is 1.57. The highest BCUT2D eigenvalue weighted by molar-refractivity contribution is 6.30. The molecule has 1 heterocycles. The second-order valence-electron chi connectivity index (χ2n) is 3.37. The summed E-state index contributed by atoms with van der Waals surface area (Å²) in [6, 6.07) is 6.94. The van der Waals surface area contributed by atoms with Crippen LogP contribution in [0.2, 0.25) is 5.02 Å². The molecule has 1 saturated heterocycles. The van der Waals surface area contributed by atoms with Crippen molar-refractivity contribution in [1.29, 1.82) is 0 Å². The minimum absolute atomic E-state index is 0.0687. The Hall–Kier alpha value is -0.860. The molecule has 3 heteroatoms.